The molecule has 0 saturated heterocycles. The molecule has 0 saturated carbocycles. The molecule has 0 N–H and O–H groups in total. The molecule has 0 aliphatic carbocycles. The van der Waals surface area contributed by atoms with Gasteiger partial charge >= 0.3 is 0 Å². The van der Waals surface area contributed by atoms with Crippen molar-refractivity contribution in [2.45, 2.75) is 0 Å². The maximum absolute atomic E-state index is 4.04. The van der Waals surface area contributed by atoms with Crippen LogP contribution in [0.3, 0.4) is 0 Å². The average Bonchev–Trinajstić information content (AvgIpc) is 2.31. The third kappa shape index (κ3) is 1.57. The summed E-state index contributed by atoms with van der Waals surface area (Å²) in [4.78, 5) is 8.76. The Labute approximate surface area is 64.5 Å². The lowest BCUT2D eigenvalue weighted by molar-refractivity contribution is 1.44. The normalized spacial score (nSPS) is 21.7. The van der Waals surface area contributed by atoms with Crippen molar-refractivity contribution in [1.29, 1.82) is 0 Å². The maximum Gasteiger partial charge on any atom is 0.110 e. The molecule has 0 aromatic heterocycles. The molecule has 0 radical (unpaired) electrons. The number of thioether (sulfide) groups is 1. The first-order valence-electron chi connectivity index (χ1n) is 2.85. The lowest BCUT2D eigenvalue weighted by atomic mass is 10.4. The minimum Gasteiger partial charge on any atom is -0.277 e. The predicted octanol–water partition coefficient (Wildman–Crippen LogP) is 1.86. The number of hydrogen-bond donors (Lipinski definition) is 0. The van der Waals surface area contributed by atoms with E-state index in [0.717, 1.165) is 10.6 Å². The van der Waals surface area contributed by atoms with E-state index in [0.29, 0.717) is 0 Å². The van der Waals surface area contributed by atoms with Crippen LogP contribution in [-0.4, -0.2) is 19.1 Å². The Morgan fingerprint density at radius 2 is 2.50 bits per heavy atom. The first-order chi connectivity index (χ1) is 4.84. The van der Waals surface area contributed by atoms with E-state index >= 15 is 0 Å². The number of aliphatic imine (C=N–C) groups is 2. The van der Waals surface area contributed by atoms with Gasteiger partial charge in [0.2, 0.25) is 0 Å². The van der Waals surface area contributed by atoms with Crippen molar-refractivity contribution in [1.82, 2.24) is 0 Å². The zero-order valence-electron chi connectivity index (χ0n) is 5.74. The van der Waals surface area contributed by atoms with Gasteiger partial charge < -0.3 is 0 Å². The second-order valence-corrected chi connectivity index (χ2v) is 2.73. The Balaban J connectivity index is 2.72. The summed E-state index contributed by atoms with van der Waals surface area (Å²) >= 11 is 1.59. The molecule has 1 heterocycles. The molecule has 0 unspecified atom stereocenters. The average molecular weight is 152 g/mol. The highest BCUT2D eigenvalue weighted by molar-refractivity contribution is 8.07. The van der Waals surface area contributed by atoms with Crippen molar-refractivity contribution in [2.75, 3.05) is 7.05 Å². The Morgan fingerprint density at radius 1 is 1.70 bits per heavy atom. The van der Waals surface area contributed by atoms with Crippen molar-refractivity contribution in [3.8, 4) is 0 Å². The molecular formula is C7H8N2S. The fraction of sp³-hybridized carbons (Fsp3) is 0.143. The Kier molecular flexibility index (Phi) is 2.45. The Bertz CT molecular complexity index is 226. The first-order valence-corrected chi connectivity index (χ1v) is 3.73. The van der Waals surface area contributed by atoms with Crippen LogP contribution in [0.2, 0.25) is 0 Å². The molecule has 3 heteroatoms. The maximum atomic E-state index is 4.04. The van der Waals surface area contributed by atoms with Crippen LogP contribution in [0.5, 0.6) is 0 Å². The second kappa shape index (κ2) is 3.37. The molecule has 0 aromatic carbocycles. The van der Waals surface area contributed by atoms with Crippen molar-refractivity contribution in [3.63, 3.8) is 0 Å². The zero-order valence-corrected chi connectivity index (χ0v) is 6.56. The topological polar surface area (TPSA) is 24.7 Å². The van der Waals surface area contributed by atoms with Crippen LogP contribution in [0.25, 0.3) is 0 Å². The smallest absolute Gasteiger partial charge is 0.110 e. The van der Waals surface area contributed by atoms with Crippen molar-refractivity contribution < 1.29 is 0 Å². The van der Waals surface area contributed by atoms with E-state index in [9.17, 15) is 0 Å². The highest BCUT2D eigenvalue weighted by atomic mass is 32.2. The van der Waals surface area contributed by atoms with Crippen LogP contribution < -0.4 is 0 Å². The SMILES string of the molecule is C=C1SC=C/C1=N/C=N\C. The van der Waals surface area contributed by atoms with E-state index < -0.39 is 0 Å². The lowest BCUT2D eigenvalue weighted by Gasteiger charge is -1.89. The standard InChI is InChI=1S/C7H8N2S/c1-6-7(3-4-10-6)9-5-8-2/h3-5H,1H2,2H3/b8-5-,9-7-. The number of nitrogens with zero attached hydrogens (tertiary/aromatic N) is 2. The van der Waals surface area contributed by atoms with Crippen LogP contribution in [0.1, 0.15) is 0 Å². The Hall–Kier alpha value is -0.830. The fourth-order valence-corrected chi connectivity index (χ4v) is 1.17. The summed E-state index contributed by atoms with van der Waals surface area (Å²) in [5.74, 6) is 0. The van der Waals surface area contributed by atoms with Gasteiger partial charge in [-0.3, -0.25) is 4.99 Å². The summed E-state index contributed by atoms with van der Waals surface area (Å²) in [6.07, 6.45) is 3.45. The molecule has 0 bridgehead atoms. The van der Waals surface area contributed by atoms with Gasteiger partial charge in [-0.15, -0.1) is 0 Å². The third-order valence-electron chi connectivity index (χ3n) is 1.03. The van der Waals surface area contributed by atoms with E-state index in [1.807, 2.05) is 11.5 Å². The fourth-order valence-electron chi connectivity index (χ4n) is 0.569. The molecule has 0 atom stereocenters. The molecule has 10 heavy (non-hydrogen) atoms. The molecular weight excluding hydrogens is 144 g/mol. The van der Waals surface area contributed by atoms with Gasteiger partial charge in [0, 0.05) is 12.0 Å². The van der Waals surface area contributed by atoms with Crippen molar-refractivity contribution in [2.24, 2.45) is 9.98 Å². The summed E-state index contributed by atoms with van der Waals surface area (Å²) in [6.45, 7) is 3.80. The van der Waals surface area contributed by atoms with Gasteiger partial charge in [-0.1, -0.05) is 18.3 Å². The van der Waals surface area contributed by atoms with Gasteiger partial charge in [0.15, 0.2) is 0 Å². The van der Waals surface area contributed by atoms with E-state index in [4.69, 9.17) is 0 Å². The van der Waals surface area contributed by atoms with E-state index in [1.165, 1.54) is 6.34 Å². The van der Waals surface area contributed by atoms with Gasteiger partial charge in [0.05, 0.1) is 5.71 Å². The van der Waals surface area contributed by atoms with E-state index in [2.05, 4.69) is 16.6 Å². The van der Waals surface area contributed by atoms with E-state index in [-0.39, 0.29) is 0 Å². The first kappa shape index (κ1) is 7.28. The van der Waals surface area contributed by atoms with Crippen LogP contribution >= 0.6 is 11.8 Å². The monoisotopic (exact) mass is 152 g/mol. The highest BCUT2D eigenvalue weighted by Crippen LogP contribution is 2.23. The van der Waals surface area contributed by atoms with Crippen molar-refractivity contribution in [3.05, 3.63) is 23.0 Å². The number of hydrogen-bond acceptors (Lipinski definition) is 2. The summed E-state index contributed by atoms with van der Waals surface area (Å²) in [6, 6.07) is 0. The number of allylic oxidation sites excluding steroid dienone is 2. The summed E-state index contributed by atoms with van der Waals surface area (Å²) in [5.41, 5.74) is 0.913. The minimum atomic E-state index is 0.913. The van der Waals surface area contributed by atoms with Crippen molar-refractivity contribution >= 4 is 23.8 Å². The molecule has 1 rings (SSSR count). The molecule has 0 amide bonds. The molecule has 1 aliphatic rings. The Morgan fingerprint density at radius 3 is 3.00 bits per heavy atom. The molecule has 2 nitrogen and oxygen atoms in total. The lowest BCUT2D eigenvalue weighted by Crippen LogP contribution is -1.88. The molecule has 1 aliphatic heterocycles. The summed E-state index contributed by atoms with van der Waals surface area (Å²) < 4.78 is 0. The second-order valence-electron chi connectivity index (χ2n) is 1.73. The van der Waals surface area contributed by atoms with Crippen LogP contribution in [-0.2, 0) is 0 Å². The zero-order chi connectivity index (χ0) is 7.40. The van der Waals surface area contributed by atoms with Gasteiger partial charge in [-0.05, 0) is 11.5 Å². The highest BCUT2D eigenvalue weighted by Gasteiger charge is 2.04. The summed E-state index contributed by atoms with van der Waals surface area (Å²) in [7, 11) is 1.69. The summed E-state index contributed by atoms with van der Waals surface area (Å²) in [5, 5.41) is 1.96. The van der Waals surface area contributed by atoms with Gasteiger partial charge in [-0.25, -0.2) is 4.99 Å². The largest absolute Gasteiger partial charge is 0.277 e. The van der Waals surface area contributed by atoms with Gasteiger partial charge in [0.25, 0.3) is 0 Å². The van der Waals surface area contributed by atoms with Crippen LogP contribution in [0.15, 0.2) is 33.0 Å². The third-order valence-corrected chi connectivity index (χ3v) is 1.80. The minimum absolute atomic E-state index is 0.913. The van der Waals surface area contributed by atoms with Crippen LogP contribution in [0, 0.1) is 0 Å². The molecule has 0 spiro atoms. The predicted molar refractivity (Wildman–Crippen MR) is 47.7 cm³/mol. The molecule has 0 fully saturated rings. The quantitative estimate of drug-likeness (QED) is 0.416. The molecule has 0 aromatic rings. The number of rotatable bonds is 1. The van der Waals surface area contributed by atoms with Crippen LogP contribution in [0.4, 0.5) is 0 Å². The molecule has 52 valence electrons. The van der Waals surface area contributed by atoms with Gasteiger partial charge in [-0.2, -0.15) is 0 Å². The van der Waals surface area contributed by atoms with Gasteiger partial charge in [0.1, 0.15) is 6.34 Å². The van der Waals surface area contributed by atoms with E-state index in [1.54, 1.807) is 18.8 Å².